The van der Waals surface area contributed by atoms with Crippen molar-refractivity contribution in [1.82, 2.24) is 0 Å². The molecule has 0 heterocycles. The van der Waals surface area contributed by atoms with Crippen molar-refractivity contribution in [3.63, 3.8) is 0 Å². The van der Waals surface area contributed by atoms with E-state index in [2.05, 4.69) is 13.8 Å². The maximum Gasteiger partial charge on any atom is 0.133 e. The molecule has 19 heavy (non-hydrogen) atoms. The Balaban J connectivity index is 2.26. The molecule has 0 saturated carbocycles. The van der Waals surface area contributed by atoms with Crippen LogP contribution in [0, 0.1) is 0 Å². The zero-order valence-corrected chi connectivity index (χ0v) is 12.3. The summed E-state index contributed by atoms with van der Waals surface area (Å²) < 4.78 is 0. The summed E-state index contributed by atoms with van der Waals surface area (Å²) >= 11 is 0. The number of unbranched alkanes of at least 4 members (excludes halogenated alkanes) is 4. The van der Waals surface area contributed by atoms with Crippen molar-refractivity contribution in [1.29, 1.82) is 0 Å². The van der Waals surface area contributed by atoms with E-state index in [1.54, 1.807) is 0 Å². The van der Waals surface area contributed by atoms with Gasteiger partial charge < -0.3 is 5.73 Å². The first-order valence-electron chi connectivity index (χ1n) is 7.50. The van der Waals surface area contributed by atoms with Crippen LogP contribution in [0.4, 0.5) is 5.69 Å². The summed E-state index contributed by atoms with van der Waals surface area (Å²) in [5, 5.41) is 0. The van der Waals surface area contributed by atoms with Gasteiger partial charge in [-0.2, -0.15) is 0 Å². The predicted molar refractivity (Wildman–Crippen MR) is 82.3 cm³/mol. The SMILES string of the molecule is CCCCCCCC(=O)CC(C)c1ccc(N)cc1. The highest BCUT2D eigenvalue weighted by Crippen LogP contribution is 2.21. The molecule has 1 aromatic rings. The number of hydrogen-bond donors (Lipinski definition) is 1. The molecule has 2 nitrogen and oxygen atoms in total. The molecule has 1 atom stereocenters. The van der Waals surface area contributed by atoms with Crippen molar-refractivity contribution in [2.24, 2.45) is 0 Å². The first-order chi connectivity index (χ1) is 9.13. The number of hydrogen-bond acceptors (Lipinski definition) is 2. The molecule has 0 aromatic heterocycles. The standard InChI is InChI=1S/C17H27NO/c1-3-4-5-6-7-8-17(19)13-14(2)15-9-11-16(18)12-10-15/h9-12,14H,3-8,13,18H2,1-2H3. The predicted octanol–water partition coefficient (Wildman–Crippen LogP) is 4.69. The molecule has 0 aliphatic heterocycles. The fraction of sp³-hybridized carbons (Fsp3) is 0.588. The lowest BCUT2D eigenvalue weighted by Gasteiger charge is -2.11. The quantitative estimate of drug-likeness (QED) is 0.517. The van der Waals surface area contributed by atoms with Crippen molar-refractivity contribution >= 4 is 11.5 Å². The summed E-state index contributed by atoms with van der Waals surface area (Å²) in [6.07, 6.45) is 7.43. The molecule has 0 radical (unpaired) electrons. The number of Topliss-reactive ketones (excluding diaryl/α,β-unsaturated/α-hetero) is 1. The summed E-state index contributed by atoms with van der Waals surface area (Å²) in [7, 11) is 0. The van der Waals surface area contributed by atoms with Crippen molar-refractivity contribution in [2.45, 2.75) is 64.7 Å². The van der Waals surface area contributed by atoms with Gasteiger partial charge in [-0.15, -0.1) is 0 Å². The van der Waals surface area contributed by atoms with Crippen molar-refractivity contribution in [2.75, 3.05) is 5.73 Å². The average molecular weight is 261 g/mol. The van der Waals surface area contributed by atoms with Crippen LogP contribution in [0.15, 0.2) is 24.3 Å². The first kappa shape index (κ1) is 15.7. The fourth-order valence-electron chi connectivity index (χ4n) is 2.31. The molecule has 106 valence electrons. The third-order valence-corrected chi connectivity index (χ3v) is 3.60. The molecular weight excluding hydrogens is 234 g/mol. The largest absolute Gasteiger partial charge is 0.399 e. The van der Waals surface area contributed by atoms with Gasteiger partial charge in [0, 0.05) is 18.5 Å². The maximum atomic E-state index is 11.9. The molecule has 0 aliphatic rings. The molecular formula is C17H27NO. The molecule has 0 spiro atoms. The van der Waals surface area contributed by atoms with Crippen LogP contribution in [0.2, 0.25) is 0 Å². The summed E-state index contributed by atoms with van der Waals surface area (Å²) in [5.74, 6) is 0.685. The normalized spacial score (nSPS) is 12.3. The molecule has 0 aliphatic carbocycles. The molecule has 2 heteroatoms. The van der Waals surface area contributed by atoms with Crippen LogP contribution >= 0.6 is 0 Å². The monoisotopic (exact) mass is 261 g/mol. The van der Waals surface area contributed by atoms with Gasteiger partial charge in [-0.25, -0.2) is 0 Å². The number of ketones is 1. The zero-order valence-electron chi connectivity index (χ0n) is 12.3. The molecule has 1 rings (SSSR count). The maximum absolute atomic E-state index is 11.9. The average Bonchev–Trinajstić information content (AvgIpc) is 2.39. The third-order valence-electron chi connectivity index (χ3n) is 3.60. The van der Waals surface area contributed by atoms with Gasteiger partial charge in [0.1, 0.15) is 5.78 Å². The molecule has 0 saturated heterocycles. The number of carbonyl (C=O) groups excluding carboxylic acids is 1. The van der Waals surface area contributed by atoms with E-state index in [1.807, 2.05) is 24.3 Å². The second-order valence-corrected chi connectivity index (χ2v) is 5.47. The van der Waals surface area contributed by atoms with E-state index in [0.717, 1.165) is 18.5 Å². The summed E-state index contributed by atoms with van der Waals surface area (Å²) in [4.78, 5) is 11.9. The first-order valence-corrected chi connectivity index (χ1v) is 7.50. The number of nitrogens with two attached hydrogens (primary N) is 1. The van der Waals surface area contributed by atoms with Crippen molar-refractivity contribution in [3.8, 4) is 0 Å². The Hall–Kier alpha value is -1.31. The molecule has 0 fully saturated rings. The van der Waals surface area contributed by atoms with Crippen LogP contribution < -0.4 is 5.73 Å². The number of carbonyl (C=O) groups is 1. The van der Waals surface area contributed by atoms with Crippen LogP contribution in [-0.4, -0.2) is 5.78 Å². The van der Waals surface area contributed by atoms with Crippen LogP contribution in [-0.2, 0) is 4.79 Å². The van der Waals surface area contributed by atoms with Crippen LogP contribution in [0.1, 0.15) is 70.3 Å². The van der Waals surface area contributed by atoms with Gasteiger partial charge in [-0.3, -0.25) is 4.79 Å². The molecule has 0 bridgehead atoms. The summed E-state index contributed by atoms with van der Waals surface area (Å²) in [6, 6.07) is 7.85. The Morgan fingerprint density at radius 3 is 2.37 bits per heavy atom. The van der Waals surface area contributed by atoms with Gasteiger partial charge in [-0.1, -0.05) is 51.7 Å². The Bertz CT molecular complexity index is 369. The second-order valence-electron chi connectivity index (χ2n) is 5.47. The van der Waals surface area contributed by atoms with Crippen LogP contribution in [0.25, 0.3) is 0 Å². The van der Waals surface area contributed by atoms with Crippen LogP contribution in [0.5, 0.6) is 0 Å². The molecule has 1 aromatic carbocycles. The molecule has 2 N–H and O–H groups in total. The van der Waals surface area contributed by atoms with E-state index < -0.39 is 0 Å². The van der Waals surface area contributed by atoms with E-state index in [1.165, 1.54) is 31.2 Å². The highest BCUT2D eigenvalue weighted by atomic mass is 16.1. The number of benzene rings is 1. The molecule has 1 unspecified atom stereocenters. The summed E-state index contributed by atoms with van der Waals surface area (Å²) in [5.41, 5.74) is 7.65. The smallest absolute Gasteiger partial charge is 0.133 e. The van der Waals surface area contributed by atoms with Gasteiger partial charge in [0.15, 0.2) is 0 Å². The Labute approximate surface area is 117 Å². The Kier molecular flexibility index (Phi) is 7.24. The third kappa shape index (κ3) is 6.42. The number of anilines is 1. The van der Waals surface area contributed by atoms with Crippen molar-refractivity contribution < 1.29 is 4.79 Å². The van der Waals surface area contributed by atoms with E-state index in [4.69, 9.17) is 5.73 Å². The van der Waals surface area contributed by atoms with E-state index in [0.29, 0.717) is 18.1 Å². The second kappa shape index (κ2) is 8.73. The van der Waals surface area contributed by atoms with Gasteiger partial charge >= 0.3 is 0 Å². The number of nitrogen functional groups attached to an aromatic ring is 1. The minimum atomic E-state index is 0.295. The Morgan fingerprint density at radius 2 is 1.74 bits per heavy atom. The minimum Gasteiger partial charge on any atom is -0.399 e. The topological polar surface area (TPSA) is 43.1 Å². The lowest BCUT2D eigenvalue weighted by Crippen LogP contribution is -2.04. The lowest BCUT2D eigenvalue weighted by molar-refractivity contribution is -0.119. The summed E-state index contributed by atoms with van der Waals surface area (Å²) in [6.45, 7) is 4.32. The van der Waals surface area contributed by atoms with Gasteiger partial charge in [-0.05, 0) is 30.0 Å². The van der Waals surface area contributed by atoms with Gasteiger partial charge in [0.05, 0.1) is 0 Å². The number of rotatable bonds is 9. The van der Waals surface area contributed by atoms with E-state index >= 15 is 0 Å². The highest BCUT2D eigenvalue weighted by Gasteiger charge is 2.10. The fourth-order valence-corrected chi connectivity index (χ4v) is 2.31. The van der Waals surface area contributed by atoms with Crippen molar-refractivity contribution in [3.05, 3.63) is 29.8 Å². The molecule has 0 amide bonds. The lowest BCUT2D eigenvalue weighted by atomic mass is 9.94. The Morgan fingerprint density at radius 1 is 1.11 bits per heavy atom. The minimum absolute atomic E-state index is 0.295. The zero-order chi connectivity index (χ0) is 14.1. The van der Waals surface area contributed by atoms with Gasteiger partial charge in [0.2, 0.25) is 0 Å². The van der Waals surface area contributed by atoms with E-state index in [9.17, 15) is 4.79 Å². The highest BCUT2D eigenvalue weighted by molar-refractivity contribution is 5.79. The van der Waals surface area contributed by atoms with Gasteiger partial charge in [0.25, 0.3) is 0 Å². The van der Waals surface area contributed by atoms with Crippen LogP contribution in [0.3, 0.4) is 0 Å². The van der Waals surface area contributed by atoms with E-state index in [-0.39, 0.29) is 0 Å².